The monoisotopic (exact) mass is 567 g/mol. The van der Waals surface area contributed by atoms with Crippen molar-refractivity contribution in [3.8, 4) is 11.5 Å². The molecule has 226 valence electrons. The molecule has 1 aliphatic carbocycles. The molecule has 0 spiro atoms. The van der Waals surface area contributed by atoms with Crippen LogP contribution in [0.5, 0.6) is 11.5 Å². The highest BCUT2D eigenvalue weighted by atomic mass is 16.6. The largest absolute Gasteiger partial charge is 0.497 e. The molecule has 2 aliphatic heterocycles. The number of fused-ring (bicyclic) bond motifs is 1. The molecule has 0 bridgehead atoms. The van der Waals surface area contributed by atoms with Crippen molar-refractivity contribution < 1.29 is 28.6 Å². The number of ether oxygens (including phenoxy) is 3. The van der Waals surface area contributed by atoms with Crippen LogP contribution in [0.15, 0.2) is 42.2 Å². The van der Waals surface area contributed by atoms with Crippen LogP contribution < -0.4 is 9.47 Å². The summed E-state index contributed by atoms with van der Waals surface area (Å²) in [5.74, 6) is 2.66. The van der Waals surface area contributed by atoms with E-state index in [9.17, 15) is 14.4 Å². The lowest BCUT2D eigenvalue weighted by Gasteiger charge is -2.24. The van der Waals surface area contributed by atoms with Gasteiger partial charge in [0.2, 0.25) is 0 Å². The quantitative estimate of drug-likeness (QED) is 0.262. The molecule has 41 heavy (non-hydrogen) atoms. The number of methoxy groups -OCH3 is 1. The molecular weight excluding hydrogens is 518 g/mol. The third-order valence-corrected chi connectivity index (χ3v) is 8.17. The third kappa shape index (κ3) is 10.1. The summed E-state index contributed by atoms with van der Waals surface area (Å²) in [4.78, 5) is 41.0. The summed E-state index contributed by atoms with van der Waals surface area (Å²) in [7, 11) is 1.62. The predicted molar refractivity (Wildman–Crippen MR) is 161 cm³/mol. The molecule has 7 heteroatoms. The first-order valence-corrected chi connectivity index (χ1v) is 15.5. The van der Waals surface area contributed by atoms with Gasteiger partial charge in [0.25, 0.3) is 0 Å². The molecule has 0 aromatic heterocycles. The van der Waals surface area contributed by atoms with Gasteiger partial charge in [0, 0.05) is 44.1 Å². The first-order valence-electron chi connectivity index (χ1n) is 15.5. The summed E-state index contributed by atoms with van der Waals surface area (Å²) in [6.45, 7) is 10.1. The topological polar surface area (TPSA) is 82.1 Å². The Bertz CT molecular complexity index is 1090. The van der Waals surface area contributed by atoms with E-state index in [4.69, 9.17) is 14.2 Å². The zero-order chi connectivity index (χ0) is 29.7. The molecule has 0 radical (unpaired) electrons. The molecule has 3 aliphatic rings. The highest BCUT2D eigenvalue weighted by Gasteiger charge is 2.31. The second-order valence-corrected chi connectivity index (χ2v) is 11.4. The smallest absolute Gasteiger partial charge is 0.161 e. The Hall–Kier alpha value is -2.93. The van der Waals surface area contributed by atoms with Gasteiger partial charge in [-0.25, -0.2) is 0 Å². The number of carbonyl (C=O) groups excluding carboxylic acids is 3. The molecule has 1 aromatic rings. The highest BCUT2D eigenvalue weighted by Crippen LogP contribution is 2.33. The lowest BCUT2D eigenvalue weighted by atomic mass is 9.79. The molecule has 2 atom stereocenters. The molecule has 0 saturated carbocycles. The molecule has 2 heterocycles. The second-order valence-electron chi connectivity index (χ2n) is 11.4. The van der Waals surface area contributed by atoms with Crippen LogP contribution >= 0.6 is 0 Å². The predicted octanol–water partition coefficient (Wildman–Crippen LogP) is 6.28. The van der Waals surface area contributed by atoms with E-state index in [1.165, 1.54) is 12.8 Å². The fourth-order valence-corrected chi connectivity index (χ4v) is 5.76. The summed E-state index contributed by atoms with van der Waals surface area (Å²) in [6.07, 6.45) is 11.7. The maximum Gasteiger partial charge on any atom is 0.161 e. The van der Waals surface area contributed by atoms with E-state index < -0.39 is 5.41 Å². The maximum atomic E-state index is 13.0. The average molecular weight is 568 g/mol. The number of benzene rings is 1. The molecule has 1 unspecified atom stereocenters. The van der Waals surface area contributed by atoms with Crippen molar-refractivity contribution in [1.29, 1.82) is 0 Å². The normalized spacial score (nSPS) is 20.7. The van der Waals surface area contributed by atoms with Crippen LogP contribution in [0.25, 0.3) is 0 Å². The molecular formula is C34H49NO6. The average Bonchev–Trinajstić information content (AvgIpc) is 3.42. The lowest BCUT2D eigenvalue weighted by molar-refractivity contribution is -0.129. The van der Waals surface area contributed by atoms with Gasteiger partial charge in [-0.3, -0.25) is 14.4 Å². The van der Waals surface area contributed by atoms with E-state index >= 15 is 0 Å². The minimum atomic E-state index is -0.594. The highest BCUT2D eigenvalue weighted by molar-refractivity contribution is 5.92. The number of nitrogens with zero attached hydrogens (tertiary/aromatic N) is 1. The Kier molecular flexibility index (Phi) is 13.1. The minimum Gasteiger partial charge on any atom is -0.497 e. The molecule has 1 fully saturated rings. The number of rotatable bonds is 14. The van der Waals surface area contributed by atoms with E-state index in [1.54, 1.807) is 7.11 Å². The maximum absolute atomic E-state index is 13.0. The number of Topliss-reactive ketones (excluding diaryl/α,β-unsaturated/α-hetero) is 3. The van der Waals surface area contributed by atoms with Gasteiger partial charge < -0.3 is 19.1 Å². The molecule has 0 amide bonds. The molecule has 0 N–H and O–H groups in total. The zero-order valence-electron chi connectivity index (χ0n) is 25.5. The van der Waals surface area contributed by atoms with E-state index in [2.05, 4.69) is 11.0 Å². The summed E-state index contributed by atoms with van der Waals surface area (Å²) in [6, 6.07) is 6.05. The lowest BCUT2D eigenvalue weighted by Crippen LogP contribution is -2.29. The van der Waals surface area contributed by atoms with Crippen molar-refractivity contribution >= 4 is 17.3 Å². The van der Waals surface area contributed by atoms with Crippen molar-refractivity contribution in [3.63, 3.8) is 0 Å². The number of likely N-dealkylation sites (tertiary alicyclic amines) is 1. The van der Waals surface area contributed by atoms with Crippen LogP contribution in [0.3, 0.4) is 0 Å². The van der Waals surface area contributed by atoms with E-state index in [-0.39, 0.29) is 49.0 Å². The van der Waals surface area contributed by atoms with Gasteiger partial charge in [0.05, 0.1) is 7.11 Å². The van der Waals surface area contributed by atoms with Gasteiger partial charge in [-0.05, 0) is 87.9 Å². The Labute approximate surface area is 246 Å². The summed E-state index contributed by atoms with van der Waals surface area (Å²) < 4.78 is 16.7. The van der Waals surface area contributed by atoms with Crippen molar-refractivity contribution in [1.82, 2.24) is 4.90 Å². The van der Waals surface area contributed by atoms with Crippen molar-refractivity contribution in [2.75, 3.05) is 40.0 Å². The zero-order valence-corrected chi connectivity index (χ0v) is 25.5. The number of ketones is 3. The number of allylic oxidation sites excluding steroid dienone is 3. The molecule has 1 aromatic carbocycles. The first-order chi connectivity index (χ1) is 19.8. The fraction of sp³-hybridized carbons (Fsp3) is 0.618. The van der Waals surface area contributed by atoms with E-state index in [0.717, 1.165) is 55.3 Å². The molecule has 1 saturated heterocycles. The van der Waals surface area contributed by atoms with Crippen LogP contribution in [0.2, 0.25) is 0 Å². The van der Waals surface area contributed by atoms with Gasteiger partial charge in [-0.15, -0.1) is 0 Å². The SMILES string of the molecule is CC.COC1=CCCC(C)(C(=O)CCC(=O)CCC(=O)C[C@@H](Cc2ccc3c(c2)OCCO3)CN2CCCC2)C=C1. The molecule has 7 nitrogen and oxygen atoms in total. The number of hydrogen-bond acceptors (Lipinski definition) is 7. The number of hydrogen-bond donors (Lipinski definition) is 0. The Morgan fingerprint density at radius 3 is 2.39 bits per heavy atom. The van der Waals surface area contributed by atoms with Gasteiger partial charge in [0.1, 0.15) is 36.3 Å². The minimum absolute atomic E-state index is 0.0171. The van der Waals surface area contributed by atoms with Crippen molar-refractivity contribution in [2.45, 2.75) is 85.0 Å². The summed E-state index contributed by atoms with van der Waals surface area (Å²) >= 11 is 0. The summed E-state index contributed by atoms with van der Waals surface area (Å²) in [5.41, 5.74) is 0.545. The van der Waals surface area contributed by atoms with Crippen molar-refractivity contribution in [2.24, 2.45) is 11.3 Å². The van der Waals surface area contributed by atoms with Crippen LogP contribution in [0.4, 0.5) is 0 Å². The Morgan fingerprint density at radius 1 is 0.976 bits per heavy atom. The van der Waals surface area contributed by atoms with Gasteiger partial charge in [0.15, 0.2) is 11.5 Å². The second kappa shape index (κ2) is 16.5. The van der Waals surface area contributed by atoms with E-state index in [0.29, 0.717) is 26.1 Å². The van der Waals surface area contributed by atoms with Gasteiger partial charge in [-0.2, -0.15) is 0 Å². The Morgan fingerprint density at radius 2 is 1.66 bits per heavy atom. The third-order valence-electron chi connectivity index (χ3n) is 8.17. The number of carbonyl (C=O) groups is 3. The standard InChI is InChI=1S/C32H43NO6.C2H6/c1-32(14-5-6-28(37-2)13-15-32)31(36)12-10-26(34)8-9-27(35)21-25(23-33-16-3-4-17-33)20-24-7-11-29-30(22-24)39-19-18-38-29;1-2/h6-7,11,13,15,22,25H,3-5,8-10,12,14,16-21,23H2,1-2H3;1-2H3/t25-,32?;/m1./s1. The van der Waals surface area contributed by atoms with Crippen LogP contribution in [-0.4, -0.2) is 62.2 Å². The Balaban J connectivity index is 0.00000226. The van der Waals surface area contributed by atoms with Gasteiger partial charge >= 0.3 is 0 Å². The van der Waals surface area contributed by atoms with Gasteiger partial charge in [-0.1, -0.05) is 26.0 Å². The fourth-order valence-electron chi connectivity index (χ4n) is 5.76. The first kappa shape index (κ1) is 32.6. The molecule has 4 rings (SSSR count). The van der Waals surface area contributed by atoms with E-state index in [1.807, 2.05) is 51.1 Å². The van der Waals surface area contributed by atoms with Crippen LogP contribution in [-0.2, 0) is 25.5 Å². The summed E-state index contributed by atoms with van der Waals surface area (Å²) in [5, 5.41) is 0. The van der Waals surface area contributed by atoms with Crippen LogP contribution in [0, 0.1) is 11.3 Å². The van der Waals surface area contributed by atoms with Crippen molar-refractivity contribution in [3.05, 3.63) is 47.7 Å². The van der Waals surface area contributed by atoms with Crippen LogP contribution in [0.1, 0.15) is 84.1 Å².